The number of carbonyl (C=O) groups is 2. The third kappa shape index (κ3) is 5.20. The van der Waals surface area contributed by atoms with E-state index < -0.39 is 5.82 Å². The fourth-order valence-corrected chi connectivity index (χ4v) is 5.22. The van der Waals surface area contributed by atoms with Crippen LogP contribution in [0.4, 0.5) is 4.39 Å². The molecule has 3 aromatic carbocycles. The fraction of sp³-hybridized carbons (Fsp3) is 0.333. The first-order chi connectivity index (χ1) is 17.0. The van der Waals surface area contributed by atoms with Crippen LogP contribution in [0.2, 0.25) is 0 Å². The van der Waals surface area contributed by atoms with Crippen molar-refractivity contribution in [1.29, 1.82) is 0 Å². The molecule has 0 spiro atoms. The van der Waals surface area contributed by atoms with Gasteiger partial charge in [-0.25, -0.2) is 4.39 Å². The number of halogens is 1. The van der Waals surface area contributed by atoms with Crippen molar-refractivity contribution < 1.29 is 14.0 Å². The number of Topliss-reactive ketones (excluding diaryl/α,β-unsaturated/α-hetero) is 1. The van der Waals surface area contributed by atoms with Gasteiger partial charge in [-0.3, -0.25) is 14.5 Å². The molecular weight excluding hydrogens is 439 g/mol. The van der Waals surface area contributed by atoms with Gasteiger partial charge in [0.05, 0.1) is 18.0 Å². The van der Waals surface area contributed by atoms with E-state index in [-0.39, 0.29) is 29.7 Å². The van der Waals surface area contributed by atoms with Gasteiger partial charge in [0.1, 0.15) is 5.82 Å². The molecule has 180 valence electrons. The monoisotopic (exact) mass is 470 g/mol. The molecule has 1 saturated carbocycles. The number of rotatable bonds is 7. The minimum absolute atomic E-state index is 0.0255. The van der Waals surface area contributed by atoms with Gasteiger partial charge in [-0.05, 0) is 60.1 Å². The third-order valence-corrected chi connectivity index (χ3v) is 7.23. The van der Waals surface area contributed by atoms with Gasteiger partial charge in [-0.15, -0.1) is 0 Å². The quantitative estimate of drug-likeness (QED) is 0.435. The molecule has 0 bridgehead atoms. The van der Waals surface area contributed by atoms with Crippen LogP contribution in [0, 0.1) is 5.82 Å². The van der Waals surface area contributed by atoms with E-state index in [0.717, 1.165) is 37.1 Å². The highest BCUT2D eigenvalue weighted by atomic mass is 19.1. The molecule has 0 radical (unpaired) electrons. The third-order valence-electron chi connectivity index (χ3n) is 7.23. The topological polar surface area (TPSA) is 40.6 Å². The van der Waals surface area contributed by atoms with Crippen LogP contribution in [0.5, 0.6) is 0 Å². The van der Waals surface area contributed by atoms with Crippen LogP contribution in [-0.2, 0) is 11.2 Å². The lowest BCUT2D eigenvalue weighted by molar-refractivity contribution is -0.132. The van der Waals surface area contributed by atoms with Crippen molar-refractivity contribution >= 4 is 11.7 Å². The molecule has 1 aliphatic carbocycles. The second kappa shape index (κ2) is 10.1. The Bertz CT molecular complexity index is 1160. The van der Waals surface area contributed by atoms with Gasteiger partial charge in [-0.1, -0.05) is 60.7 Å². The lowest BCUT2D eigenvalue weighted by Gasteiger charge is -2.40. The van der Waals surface area contributed by atoms with E-state index in [4.69, 9.17) is 0 Å². The summed E-state index contributed by atoms with van der Waals surface area (Å²) < 4.78 is 14.6. The minimum Gasteiger partial charge on any atom is -0.340 e. The summed E-state index contributed by atoms with van der Waals surface area (Å²) in [6.07, 6.45) is 2.24. The number of piperazine rings is 1. The first kappa shape index (κ1) is 23.4. The fourth-order valence-electron chi connectivity index (χ4n) is 5.22. The van der Waals surface area contributed by atoms with Crippen molar-refractivity contribution in [3.63, 3.8) is 0 Å². The predicted octanol–water partition coefficient (Wildman–Crippen LogP) is 5.38. The smallest absolute Gasteiger partial charge is 0.227 e. The zero-order valence-electron chi connectivity index (χ0n) is 20.1. The maximum Gasteiger partial charge on any atom is 0.227 e. The summed E-state index contributed by atoms with van der Waals surface area (Å²) in [5, 5.41) is 0. The van der Waals surface area contributed by atoms with E-state index in [9.17, 15) is 14.0 Å². The van der Waals surface area contributed by atoms with Crippen molar-refractivity contribution in [2.75, 3.05) is 26.2 Å². The van der Waals surface area contributed by atoms with Gasteiger partial charge < -0.3 is 4.90 Å². The highest BCUT2D eigenvalue weighted by Gasteiger charge is 2.31. The van der Waals surface area contributed by atoms with Crippen LogP contribution in [0.3, 0.4) is 0 Å². The molecule has 0 unspecified atom stereocenters. The Kier molecular flexibility index (Phi) is 6.78. The molecule has 5 rings (SSSR count). The van der Waals surface area contributed by atoms with Crippen LogP contribution < -0.4 is 0 Å². The lowest BCUT2D eigenvalue weighted by atomic mass is 9.95. The first-order valence-corrected chi connectivity index (χ1v) is 12.5. The number of carbonyl (C=O) groups excluding carboxylic acids is 2. The second-order valence-electron chi connectivity index (χ2n) is 9.68. The van der Waals surface area contributed by atoms with E-state index >= 15 is 0 Å². The van der Waals surface area contributed by atoms with Crippen molar-refractivity contribution in [3.05, 3.63) is 106 Å². The molecule has 0 atom stereocenters. The van der Waals surface area contributed by atoms with Crippen molar-refractivity contribution in [3.8, 4) is 0 Å². The van der Waals surface area contributed by atoms with Gasteiger partial charge in [0.25, 0.3) is 0 Å². The lowest BCUT2D eigenvalue weighted by Crippen LogP contribution is -2.50. The second-order valence-corrected chi connectivity index (χ2v) is 9.68. The molecule has 35 heavy (non-hydrogen) atoms. The maximum absolute atomic E-state index is 14.6. The zero-order chi connectivity index (χ0) is 24.4. The molecule has 0 aromatic heterocycles. The molecule has 2 aliphatic rings. The molecule has 5 heteroatoms. The Morgan fingerprint density at radius 2 is 1.46 bits per heavy atom. The molecule has 4 nitrogen and oxygen atoms in total. The number of benzene rings is 3. The summed E-state index contributed by atoms with van der Waals surface area (Å²) in [7, 11) is 0. The van der Waals surface area contributed by atoms with Gasteiger partial charge >= 0.3 is 0 Å². The standard InChI is InChI=1S/C30H31FN2O2/c1-21(34)26-20-27(22-12-13-22)25(18-28(26)31)19-29(35)32-14-16-33(17-15-32)30(23-8-4-2-5-9-23)24-10-6-3-7-11-24/h2-11,18,20,22,30H,12-17,19H2,1H3. The predicted molar refractivity (Wildman–Crippen MR) is 135 cm³/mol. The van der Waals surface area contributed by atoms with Gasteiger partial charge in [0.2, 0.25) is 5.91 Å². The first-order valence-electron chi connectivity index (χ1n) is 12.5. The van der Waals surface area contributed by atoms with E-state index in [1.165, 1.54) is 24.1 Å². The summed E-state index contributed by atoms with van der Waals surface area (Å²) in [5.74, 6) is -0.434. The molecular formula is C30H31FN2O2. The normalized spacial score (nSPS) is 16.5. The van der Waals surface area contributed by atoms with Crippen LogP contribution in [0.1, 0.15) is 64.3 Å². The average molecular weight is 471 g/mol. The van der Waals surface area contributed by atoms with Crippen molar-refractivity contribution in [2.45, 2.75) is 38.1 Å². The van der Waals surface area contributed by atoms with Gasteiger partial charge in [-0.2, -0.15) is 0 Å². The van der Waals surface area contributed by atoms with E-state index in [1.807, 2.05) is 17.0 Å². The molecule has 3 aromatic rings. The van der Waals surface area contributed by atoms with Crippen molar-refractivity contribution in [2.24, 2.45) is 0 Å². The van der Waals surface area contributed by atoms with Gasteiger partial charge in [0.15, 0.2) is 5.78 Å². The van der Waals surface area contributed by atoms with E-state index in [1.54, 1.807) is 6.07 Å². The average Bonchev–Trinajstić information content (AvgIpc) is 3.71. The Morgan fingerprint density at radius 3 is 1.97 bits per heavy atom. The number of nitrogens with zero attached hydrogens (tertiary/aromatic N) is 2. The molecule has 0 N–H and O–H groups in total. The van der Waals surface area contributed by atoms with E-state index in [2.05, 4.69) is 53.4 Å². The molecule has 1 aliphatic heterocycles. The van der Waals surface area contributed by atoms with Crippen LogP contribution >= 0.6 is 0 Å². The molecule has 2 fully saturated rings. The molecule has 1 saturated heterocycles. The molecule has 1 amide bonds. The number of amides is 1. The van der Waals surface area contributed by atoms with Gasteiger partial charge in [0, 0.05) is 26.2 Å². The maximum atomic E-state index is 14.6. The van der Waals surface area contributed by atoms with Crippen LogP contribution in [0.15, 0.2) is 72.8 Å². The number of hydrogen-bond donors (Lipinski definition) is 0. The summed E-state index contributed by atoms with van der Waals surface area (Å²) in [4.78, 5) is 29.4. The Balaban J connectivity index is 1.29. The van der Waals surface area contributed by atoms with E-state index in [0.29, 0.717) is 19.0 Å². The Labute approximate surface area is 206 Å². The summed E-state index contributed by atoms with van der Waals surface area (Å²) >= 11 is 0. The van der Waals surface area contributed by atoms with Crippen LogP contribution in [0.25, 0.3) is 0 Å². The Morgan fingerprint density at radius 1 is 0.886 bits per heavy atom. The zero-order valence-corrected chi connectivity index (χ0v) is 20.1. The summed E-state index contributed by atoms with van der Waals surface area (Å²) in [6.45, 7) is 4.21. The number of hydrogen-bond acceptors (Lipinski definition) is 3. The number of ketones is 1. The summed E-state index contributed by atoms with van der Waals surface area (Å²) in [6, 6.07) is 24.2. The Hall–Kier alpha value is -3.31. The minimum atomic E-state index is -0.525. The highest BCUT2D eigenvalue weighted by molar-refractivity contribution is 5.95. The van der Waals surface area contributed by atoms with Crippen molar-refractivity contribution in [1.82, 2.24) is 9.80 Å². The van der Waals surface area contributed by atoms with Crippen LogP contribution in [-0.4, -0.2) is 47.7 Å². The highest BCUT2D eigenvalue weighted by Crippen LogP contribution is 2.42. The molecule has 1 heterocycles. The SMILES string of the molecule is CC(=O)c1cc(C2CC2)c(CC(=O)N2CCN(C(c3ccccc3)c3ccccc3)CC2)cc1F. The largest absolute Gasteiger partial charge is 0.340 e. The summed E-state index contributed by atoms with van der Waals surface area (Å²) in [5.41, 5.74) is 4.32.